The van der Waals surface area contributed by atoms with E-state index < -0.39 is 29.7 Å². The zero-order valence-corrected chi connectivity index (χ0v) is 15.7. The molecule has 5 nitrogen and oxygen atoms in total. The van der Waals surface area contributed by atoms with Crippen molar-refractivity contribution in [3.8, 4) is 12.1 Å². The summed E-state index contributed by atoms with van der Waals surface area (Å²) in [6.07, 6.45) is 0.866. The number of hydrogen-bond acceptors (Lipinski definition) is 5. The maximum atomic E-state index is 15.0. The summed E-state index contributed by atoms with van der Waals surface area (Å²) in [4.78, 5) is 16.1. The molecule has 1 fully saturated rings. The van der Waals surface area contributed by atoms with Crippen molar-refractivity contribution in [2.45, 2.75) is 37.1 Å². The van der Waals surface area contributed by atoms with E-state index in [0.717, 1.165) is 11.3 Å². The molecule has 3 rings (SSSR count). The molecule has 0 spiro atoms. The number of nitrogens with zero attached hydrogens (tertiary/aromatic N) is 3. The highest BCUT2D eigenvalue weighted by Crippen LogP contribution is 2.58. The molecule has 1 aromatic carbocycles. The van der Waals surface area contributed by atoms with Gasteiger partial charge in [0.1, 0.15) is 27.0 Å². The second kappa shape index (κ2) is 6.88. The van der Waals surface area contributed by atoms with Gasteiger partial charge in [-0.3, -0.25) is 4.79 Å². The fourth-order valence-corrected chi connectivity index (χ4v) is 4.78. The Hall–Kier alpha value is -2.55. The van der Waals surface area contributed by atoms with Gasteiger partial charge >= 0.3 is 0 Å². The highest BCUT2D eigenvalue weighted by atomic mass is 35.5. The standard InChI is InChI=1S/C18H13ClF2N4OS/c1-10(26)25-17(16-24-9-14(19)27-16)4-5-18(20,21)15(17)11-2-3-12(7-22)13(6-11)8-23/h2-3,6,9,15H,4-5H2,1H3,(H,25,26)/t15-,17+/m0/s1. The summed E-state index contributed by atoms with van der Waals surface area (Å²) in [5, 5.41) is 21.3. The van der Waals surface area contributed by atoms with E-state index in [-0.39, 0.29) is 28.1 Å². The number of carbonyl (C=O) groups excluding carboxylic acids is 1. The van der Waals surface area contributed by atoms with Crippen molar-refractivity contribution >= 4 is 28.8 Å². The third-order valence-electron chi connectivity index (χ3n) is 4.64. The van der Waals surface area contributed by atoms with E-state index in [4.69, 9.17) is 16.9 Å². The van der Waals surface area contributed by atoms with Gasteiger partial charge in [0.25, 0.3) is 5.92 Å². The summed E-state index contributed by atoms with van der Waals surface area (Å²) in [5.74, 6) is -5.07. The van der Waals surface area contributed by atoms with Crippen LogP contribution >= 0.6 is 22.9 Å². The van der Waals surface area contributed by atoms with Gasteiger partial charge < -0.3 is 5.32 Å². The summed E-state index contributed by atoms with van der Waals surface area (Å²) < 4.78 is 30.3. The lowest BCUT2D eigenvalue weighted by molar-refractivity contribution is -0.121. The minimum atomic E-state index is -3.15. The molecule has 0 aliphatic heterocycles. The predicted octanol–water partition coefficient (Wildman–Crippen LogP) is 4.08. The summed E-state index contributed by atoms with van der Waals surface area (Å²) in [6, 6.07) is 7.75. The number of nitriles is 2. The highest BCUT2D eigenvalue weighted by Gasteiger charge is 2.62. The van der Waals surface area contributed by atoms with E-state index in [9.17, 15) is 18.8 Å². The molecule has 27 heavy (non-hydrogen) atoms. The Kier molecular flexibility index (Phi) is 4.90. The largest absolute Gasteiger partial charge is 0.344 e. The predicted molar refractivity (Wildman–Crippen MR) is 95.4 cm³/mol. The summed E-state index contributed by atoms with van der Waals surface area (Å²) in [6.45, 7) is 1.25. The third-order valence-corrected chi connectivity index (χ3v) is 5.94. The summed E-state index contributed by atoms with van der Waals surface area (Å²) >= 11 is 7.00. The maximum absolute atomic E-state index is 15.0. The molecule has 1 saturated carbocycles. The number of rotatable bonds is 3. The molecule has 1 aliphatic rings. The summed E-state index contributed by atoms with van der Waals surface area (Å²) in [5.41, 5.74) is -1.18. The van der Waals surface area contributed by atoms with Crippen molar-refractivity contribution in [1.29, 1.82) is 10.5 Å². The first-order chi connectivity index (χ1) is 12.7. The quantitative estimate of drug-likeness (QED) is 0.831. The van der Waals surface area contributed by atoms with Gasteiger partial charge in [0.05, 0.1) is 23.2 Å². The average Bonchev–Trinajstić information content (AvgIpc) is 3.16. The lowest BCUT2D eigenvalue weighted by Gasteiger charge is -2.36. The van der Waals surface area contributed by atoms with Gasteiger partial charge in [-0.25, -0.2) is 13.8 Å². The van der Waals surface area contributed by atoms with Crippen LogP contribution in [0.4, 0.5) is 8.78 Å². The van der Waals surface area contributed by atoms with Crippen LogP contribution in [0.25, 0.3) is 0 Å². The van der Waals surface area contributed by atoms with Crippen LogP contribution in [0.15, 0.2) is 24.4 Å². The number of aromatic nitrogens is 1. The number of alkyl halides is 2. The maximum Gasteiger partial charge on any atom is 0.257 e. The van der Waals surface area contributed by atoms with Gasteiger partial charge in [0.2, 0.25) is 5.91 Å². The highest BCUT2D eigenvalue weighted by molar-refractivity contribution is 7.16. The van der Waals surface area contributed by atoms with Gasteiger partial charge in [-0.1, -0.05) is 17.7 Å². The third kappa shape index (κ3) is 3.27. The van der Waals surface area contributed by atoms with Crippen molar-refractivity contribution in [2.75, 3.05) is 0 Å². The van der Waals surface area contributed by atoms with Crippen LogP contribution in [0.1, 0.15) is 47.4 Å². The van der Waals surface area contributed by atoms with Crippen molar-refractivity contribution < 1.29 is 13.6 Å². The first-order valence-corrected chi connectivity index (χ1v) is 9.15. The second-order valence-corrected chi connectivity index (χ2v) is 8.01. The Labute approximate surface area is 163 Å². The van der Waals surface area contributed by atoms with Gasteiger partial charge in [0.15, 0.2) is 0 Å². The van der Waals surface area contributed by atoms with Gasteiger partial charge in [-0.15, -0.1) is 11.3 Å². The lowest BCUT2D eigenvalue weighted by atomic mass is 9.80. The van der Waals surface area contributed by atoms with E-state index in [0.29, 0.717) is 4.34 Å². The van der Waals surface area contributed by atoms with Gasteiger partial charge in [-0.2, -0.15) is 10.5 Å². The zero-order chi connectivity index (χ0) is 19.8. The number of carbonyl (C=O) groups is 1. The molecule has 1 heterocycles. The monoisotopic (exact) mass is 406 g/mol. The van der Waals surface area contributed by atoms with Crippen molar-refractivity contribution in [3.05, 3.63) is 50.4 Å². The van der Waals surface area contributed by atoms with Crippen LogP contribution in [0.2, 0.25) is 4.34 Å². The summed E-state index contributed by atoms with van der Waals surface area (Å²) in [7, 11) is 0. The number of nitrogens with one attached hydrogen (secondary N) is 1. The first-order valence-electron chi connectivity index (χ1n) is 7.96. The van der Waals surface area contributed by atoms with E-state index in [1.807, 2.05) is 12.1 Å². The number of thiazole rings is 1. The SMILES string of the molecule is CC(=O)N[C@]1(c2ncc(Cl)s2)CCC(F)(F)[C@H]1c1ccc(C#N)c(C#N)c1. The molecule has 0 unspecified atom stereocenters. The normalized spacial score (nSPS) is 23.4. The number of halogens is 3. The molecule has 2 aromatic rings. The minimum Gasteiger partial charge on any atom is -0.344 e. The molecule has 1 aromatic heterocycles. The molecular formula is C18H13ClF2N4OS. The van der Waals surface area contributed by atoms with E-state index in [2.05, 4.69) is 10.3 Å². The van der Waals surface area contributed by atoms with Gasteiger partial charge in [-0.05, 0) is 24.1 Å². The van der Waals surface area contributed by atoms with Crippen LogP contribution in [0, 0.1) is 22.7 Å². The molecular weight excluding hydrogens is 394 g/mol. The molecule has 9 heteroatoms. The zero-order valence-electron chi connectivity index (χ0n) is 14.1. The molecule has 2 atom stereocenters. The van der Waals surface area contributed by atoms with Crippen molar-refractivity contribution in [1.82, 2.24) is 10.3 Å². The molecule has 1 aliphatic carbocycles. The lowest BCUT2D eigenvalue weighted by Crippen LogP contribution is -2.49. The van der Waals surface area contributed by atoms with Gasteiger partial charge in [0, 0.05) is 13.3 Å². The average molecular weight is 407 g/mol. The molecule has 1 N–H and O–H groups in total. The Balaban J connectivity index is 2.23. The fourth-order valence-electron chi connectivity index (χ4n) is 3.67. The van der Waals surface area contributed by atoms with E-state index in [1.165, 1.54) is 31.3 Å². The van der Waals surface area contributed by atoms with Crippen molar-refractivity contribution in [2.24, 2.45) is 0 Å². The first kappa shape index (κ1) is 19.2. The van der Waals surface area contributed by atoms with Crippen LogP contribution < -0.4 is 5.32 Å². The molecule has 138 valence electrons. The van der Waals surface area contributed by atoms with Crippen LogP contribution in [-0.2, 0) is 10.3 Å². The Morgan fingerprint density at radius 1 is 1.33 bits per heavy atom. The topological polar surface area (TPSA) is 89.6 Å². The van der Waals surface area contributed by atoms with Crippen LogP contribution in [0.5, 0.6) is 0 Å². The molecule has 0 bridgehead atoms. The molecule has 1 amide bonds. The molecule has 0 saturated heterocycles. The van der Waals surface area contributed by atoms with Crippen molar-refractivity contribution in [3.63, 3.8) is 0 Å². The smallest absolute Gasteiger partial charge is 0.257 e. The number of benzene rings is 1. The Bertz CT molecular complexity index is 994. The second-order valence-electron chi connectivity index (χ2n) is 6.34. The minimum absolute atomic E-state index is 0.00611. The number of hydrogen-bond donors (Lipinski definition) is 1. The Morgan fingerprint density at radius 3 is 2.59 bits per heavy atom. The fraction of sp³-hybridized carbons (Fsp3) is 0.333. The number of amides is 1. The Morgan fingerprint density at radius 2 is 2.04 bits per heavy atom. The van der Waals surface area contributed by atoms with Crippen LogP contribution in [0.3, 0.4) is 0 Å². The van der Waals surface area contributed by atoms with E-state index >= 15 is 0 Å². The van der Waals surface area contributed by atoms with E-state index in [1.54, 1.807) is 0 Å². The molecule has 0 radical (unpaired) electrons. The van der Waals surface area contributed by atoms with Crippen LogP contribution in [-0.4, -0.2) is 16.8 Å².